The number of halogens is 2. The van der Waals surface area contributed by atoms with Gasteiger partial charge < -0.3 is 15.5 Å². The first-order valence-corrected chi connectivity index (χ1v) is 12.4. The molecule has 184 valence electrons. The Bertz CT molecular complexity index is 1090. The third kappa shape index (κ3) is 5.16. The monoisotopic (exact) mass is 479 g/mol. The van der Waals surface area contributed by atoms with Crippen molar-refractivity contribution in [2.75, 3.05) is 38.0 Å². The van der Waals surface area contributed by atoms with Gasteiger partial charge in [0.25, 0.3) is 0 Å². The second kappa shape index (κ2) is 9.92. The smallest absolute Gasteiger partial charge is 0.321 e. The van der Waals surface area contributed by atoms with Crippen molar-refractivity contribution in [3.8, 4) is 6.07 Å². The van der Waals surface area contributed by atoms with Gasteiger partial charge in [-0.05, 0) is 62.5 Å². The highest BCUT2D eigenvalue weighted by molar-refractivity contribution is 5.90. The van der Waals surface area contributed by atoms with Crippen molar-refractivity contribution in [2.24, 2.45) is 5.92 Å². The molecule has 1 aliphatic carbocycles. The lowest BCUT2D eigenvalue weighted by Gasteiger charge is -2.56. The lowest BCUT2D eigenvalue weighted by Crippen LogP contribution is -2.72. The molecule has 35 heavy (non-hydrogen) atoms. The molecular weight excluding hydrogens is 448 g/mol. The van der Waals surface area contributed by atoms with Crippen LogP contribution in [0.5, 0.6) is 0 Å². The molecule has 2 aromatic carbocycles. The molecule has 5 rings (SSSR count). The Kier molecular flexibility index (Phi) is 6.72. The second-order valence-corrected chi connectivity index (χ2v) is 10.2. The molecule has 2 heterocycles. The summed E-state index contributed by atoms with van der Waals surface area (Å²) >= 11 is 0. The van der Waals surface area contributed by atoms with Crippen molar-refractivity contribution in [3.05, 3.63) is 65.7 Å². The molecule has 1 saturated carbocycles. The summed E-state index contributed by atoms with van der Waals surface area (Å²) in [6, 6.07) is 16.2. The summed E-state index contributed by atoms with van der Waals surface area (Å²) in [4.78, 5) is 16.5. The largest absolute Gasteiger partial charge is 0.322 e. The third-order valence-corrected chi connectivity index (χ3v) is 7.81. The van der Waals surface area contributed by atoms with E-state index >= 15 is 0 Å². The van der Waals surface area contributed by atoms with Crippen LogP contribution in [0.1, 0.15) is 37.2 Å². The number of likely N-dealkylation sites (tertiary alicyclic amines) is 2. The van der Waals surface area contributed by atoms with Gasteiger partial charge in [0.05, 0.1) is 23.7 Å². The topological polar surface area (TPSA) is 71.4 Å². The van der Waals surface area contributed by atoms with Gasteiger partial charge in [0.15, 0.2) is 0 Å². The number of anilines is 1. The fourth-order valence-corrected chi connectivity index (χ4v) is 5.58. The fourth-order valence-electron chi connectivity index (χ4n) is 5.58. The van der Waals surface area contributed by atoms with E-state index in [2.05, 4.69) is 51.9 Å². The number of hydrogen-bond acceptors (Lipinski definition) is 4. The van der Waals surface area contributed by atoms with E-state index in [9.17, 15) is 18.8 Å². The van der Waals surface area contributed by atoms with Crippen molar-refractivity contribution in [1.29, 1.82) is 5.26 Å². The van der Waals surface area contributed by atoms with Crippen LogP contribution in [0.3, 0.4) is 0 Å². The van der Waals surface area contributed by atoms with Gasteiger partial charge in [0.2, 0.25) is 0 Å². The highest BCUT2D eigenvalue weighted by Gasteiger charge is 2.50. The minimum absolute atomic E-state index is 0.0485. The molecule has 2 aliphatic heterocycles. The van der Waals surface area contributed by atoms with Gasteiger partial charge in [-0.2, -0.15) is 5.26 Å². The average Bonchev–Trinajstić information content (AvgIpc) is 3.62. The molecule has 2 atom stereocenters. The van der Waals surface area contributed by atoms with Crippen LogP contribution in [-0.4, -0.2) is 60.1 Å². The van der Waals surface area contributed by atoms with Crippen LogP contribution in [0, 0.1) is 28.9 Å². The van der Waals surface area contributed by atoms with Crippen LogP contribution in [0.15, 0.2) is 48.5 Å². The molecule has 2 aromatic rings. The number of rotatable bonds is 7. The standard InChI is InChI=1S/C27H31F2N5O/c28-21-6-7-24(23(29)14-21)32-26(35)33-17-27(18-33,10-11-30)34-12-8-19(9-13-34)16-31-25-15-22(25)20-4-2-1-3-5-20/h1-7,14,19,22,25,31H,8-10,12-13,15-18H2,(H,32,35). The van der Waals surface area contributed by atoms with Gasteiger partial charge in [-0.3, -0.25) is 4.90 Å². The van der Waals surface area contributed by atoms with Crippen molar-refractivity contribution < 1.29 is 13.6 Å². The molecule has 0 spiro atoms. The molecule has 0 bridgehead atoms. The maximum Gasteiger partial charge on any atom is 0.322 e. The number of nitriles is 1. The quantitative estimate of drug-likeness (QED) is 0.621. The number of carbonyl (C=O) groups excluding carboxylic acids is 1. The van der Waals surface area contributed by atoms with Crippen LogP contribution in [-0.2, 0) is 0 Å². The van der Waals surface area contributed by atoms with Crippen LogP contribution in [0.2, 0.25) is 0 Å². The van der Waals surface area contributed by atoms with Crippen molar-refractivity contribution in [1.82, 2.24) is 15.1 Å². The summed E-state index contributed by atoms with van der Waals surface area (Å²) in [5, 5.41) is 15.7. The Morgan fingerprint density at radius 2 is 1.86 bits per heavy atom. The number of carbonyl (C=O) groups is 1. The number of piperidine rings is 1. The summed E-state index contributed by atoms with van der Waals surface area (Å²) in [5.74, 6) is -0.252. The zero-order valence-corrected chi connectivity index (χ0v) is 19.7. The summed E-state index contributed by atoms with van der Waals surface area (Å²) < 4.78 is 27.0. The Morgan fingerprint density at radius 1 is 1.11 bits per heavy atom. The average molecular weight is 480 g/mol. The molecule has 8 heteroatoms. The van der Waals surface area contributed by atoms with E-state index in [1.54, 1.807) is 4.90 Å². The second-order valence-electron chi connectivity index (χ2n) is 10.2. The van der Waals surface area contributed by atoms with E-state index in [1.165, 1.54) is 18.1 Å². The van der Waals surface area contributed by atoms with Crippen molar-refractivity contribution >= 4 is 11.7 Å². The molecule has 2 saturated heterocycles. The molecule has 3 aliphatic rings. The number of nitrogens with zero attached hydrogens (tertiary/aromatic N) is 3. The van der Waals surface area contributed by atoms with E-state index in [-0.39, 0.29) is 11.2 Å². The van der Waals surface area contributed by atoms with Gasteiger partial charge in [-0.25, -0.2) is 13.6 Å². The van der Waals surface area contributed by atoms with E-state index in [4.69, 9.17) is 0 Å². The van der Waals surface area contributed by atoms with Crippen LogP contribution < -0.4 is 10.6 Å². The summed E-state index contributed by atoms with van der Waals surface area (Å²) in [6.07, 6.45) is 3.69. The molecular formula is C27H31F2N5O. The van der Waals surface area contributed by atoms with Gasteiger partial charge in [-0.15, -0.1) is 0 Å². The zero-order valence-electron chi connectivity index (χ0n) is 19.7. The lowest BCUT2D eigenvalue weighted by molar-refractivity contribution is -0.0432. The molecule has 0 aromatic heterocycles. The highest BCUT2D eigenvalue weighted by atomic mass is 19.1. The molecule has 2 N–H and O–H groups in total. The first-order valence-electron chi connectivity index (χ1n) is 12.4. The Labute approximate surface area is 204 Å². The van der Waals surface area contributed by atoms with Crippen molar-refractivity contribution in [3.63, 3.8) is 0 Å². The molecule has 0 radical (unpaired) electrons. The van der Waals surface area contributed by atoms with E-state index in [0.29, 0.717) is 37.4 Å². The van der Waals surface area contributed by atoms with Crippen LogP contribution in [0.25, 0.3) is 0 Å². The predicted octanol–water partition coefficient (Wildman–Crippen LogP) is 4.32. The van der Waals surface area contributed by atoms with E-state index in [1.807, 2.05) is 0 Å². The van der Waals surface area contributed by atoms with Crippen LogP contribution in [0.4, 0.5) is 19.3 Å². The maximum absolute atomic E-state index is 13.9. The fraction of sp³-hybridized carbons (Fsp3) is 0.481. The third-order valence-electron chi connectivity index (χ3n) is 7.81. The minimum Gasteiger partial charge on any atom is -0.321 e. The summed E-state index contributed by atoms with van der Waals surface area (Å²) in [7, 11) is 0. The Balaban J connectivity index is 1.08. The first-order chi connectivity index (χ1) is 17.0. The van der Waals surface area contributed by atoms with Crippen molar-refractivity contribution in [2.45, 2.75) is 43.2 Å². The molecule has 3 fully saturated rings. The van der Waals surface area contributed by atoms with Crippen LogP contribution >= 0.6 is 0 Å². The zero-order chi connectivity index (χ0) is 24.4. The molecule has 6 nitrogen and oxygen atoms in total. The summed E-state index contributed by atoms with van der Waals surface area (Å²) in [6.45, 7) is 3.69. The Morgan fingerprint density at radius 3 is 2.54 bits per heavy atom. The molecule has 2 amide bonds. The van der Waals surface area contributed by atoms with E-state index < -0.39 is 17.7 Å². The van der Waals surface area contributed by atoms with Gasteiger partial charge in [0, 0.05) is 31.1 Å². The number of benzene rings is 2. The minimum atomic E-state index is -0.806. The van der Waals surface area contributed by atoms with Gasteiger partial charge in [-0.1, -0.05) is 30.3 Å². The number of amides is 2. The lowest BCUT2D eigenvalue weighted by atomic mass is 9.82. The predicted molar refractivity (Wildman–Crippen MR) is 130 cm³/mol. The summed E-state index contributed by atoms with van der Waals surface area (Å²) in [5.41, 5.74) is 1.02. The maximum atomic E-state index is 13.9. The number of urea groups is 1. The highest BCUT2D eigenvalue weighted by Crippen LogP contribution is 2.41. The number of nitrogens with one attached hydrogen (secondary N) is 2. The van der Waals surface area contributed by atoms with Gasteiger partial charge in [0.1, 0.15) is 11.6 Å². The Hall–Kier alpha value is -3.02. The number of hydrogen-bond donors (Lipinski definition) is 2. The normalized spacial score (nSPS) is 23.9. The van der Waals surface area contributed by atoms with E-state index in [0.717, 1.165) is 44.6 Å². The first kappa shape index (κ1) is 23.7. The molecule has 2 unspecified atom stereocenters. The van der Waals surface area contributed by atoms with Gasteiger partial charge >= 0.3 is 6.03 Å². The SMILES string of the molecule is N#CCC1(N2CCC(CNC3CC3c3ccccc3)CC2)CN(C(=O)Nc2ccc(F)cc2F)C1.